The number of benzene rings is 7. The Bertz CT molecular complexity index is 3170. The lowest BCUT2D eigenvalue weighted by Gasteiger charge is -2.09. The monoisotopic (exact) mass is 719 g/mol. The van der Waals surface area contributed by atoms with Crippen molar-refractivity contribution in [1.82, 2.24) is 24.9 Å². The molecule has 0 aliphatic carbocycles. The normalized spacial score (nSPS) is 11.6. The molecule has 4 aromatic heterocycles. The highest BCUT2D eigenvalue weighted by Gasteiger charge is 2.20. The van der Waals surface area contributed by atoms with Gasteiger partial charge in [-0.25, -0.2) is 24.9 Å². The zero-order chi connectivity index (χ0) is 37.0. The Labute approximate surface area is 320 Å². The van der Waals surface area contributed by atoms with Crippen LogP contribution in [0.25, 0.3) is 112 Å². The van der Waals surface area contributed by atoms with Crippen LogP contribution in [0.15, 0.2) is 185 Å². The predicted octanol–water partition coefficient (Wildman–Crippen LogP) is 12.5. The van der Waals surface area contributed by atoms with Gasteiger partial charge < -0.3 is 8.83 Å². The fourth-order valence-corrected chi connectivity index (χ4v) is 7.44. The molecule has 262 valence electrons. The van der Waals surface area contributed by atoms with Crippen LogP contribution in [-0.2, 0) is 0 Å². The Kier molecular flexibility index (Phi) is 7.35. The summed E-state index contributed by atoms with van der Waals surface area (Å²) >= 11 is 0. The topological polar surface area (TPSA) is 90.7 Å². The Morgan fingerprint density at radius 2 is 0.875 bits per heavy atom. The second-order valence-corrected chi connectivity index (χ2v) is 13.6. The van der Waals surface area contributed by atoms with Gasteiger partial charge in [-0.15, -0.1) is 0 Å². The summed E-state index contributed by atoms with van der Waals surface area (Å²) in [7, 11) is 0. The first-order valence-electron chi connectivity index (χ1n) is 18.4. The van der Waals surface area contributed by atoms with Crippen molar-refractivity contribution in [3.63, 3.8) is 0 Å². The van der Waals surface area contributed by atoms with E-state index >= 15 is 0 Å². The minimum Gasteiger partial charge on any atom is -0.456 e. The molecule has 0 atom stereocenters. The first-order valence-corrected chi connectivity index (χ1v) is 18.4. The zero-order valence-corrected chi connectivity index (χ0v) is 29.8. The molecule has 0 saturated carbocycles. The van der Waals surface area contributed by atoms with Gasteiger partial charge in [-0.1, -0.05) is 146 Å². The maximum Gasteiger partial charge on any atom is 0.180 e. The van der Waals surface area contributed by atoms with Crippen LogP contribution >= 0.6 is 0 Å². The molecular formula is C49H29N5O2. The van der Waals surface area contributed by atoms with E-state index in [4.69, 9.17) is 33.8 Å². The van der Waals surface area contributed by atoms with Gasteiger partial charge in [-0.3, -0.25) is 0 Å². The third kappa shape index (κ3) is 5.41. The molecule has 7 nitrogen and oxygen atoms in total. The first-order chi connectivity index (χ1) is 27.7. The smallest absolute Gasteiger partial charge is 0.180 e. The molecule has 0 spiro atoms. The molecule has 7 aromatic carbocycles. The van der Waals surface area contributed by atoms with Crippen LogP contribution in [0.2, 0.25) is 0 Å². The van der Waals surface area contributed by atoms with Crippen molar-refractivity contribution in [3.05, 3.63) is 176 Å². The highest BCUT2D eigenvalue weighted by Crippen LogP contribution is 2.39. The van der Waals surface area contributed by atoms with E-state index in [0.29, 0.717) is 28.9 Å². The molecular weight excluding hydrogens is 691 g/mol. The van der Waals surface area contributed by atoms with Crippen molar-refractivity contribution in [3.8, 4) is 67.9 Å². The first kappa shape index (κ1) is 31.7. The van der Waals surface area contributed by atoms with Gasteiger partial charge in [0.05, 0.1) is 0 Å². The fraction of sp³-hybridized carbons (Fsp3) is 0. The number of para-hydroxylation sites is 1. The summed E-state index contributed by atoms with van der Waals surface area (Å²) in [6.45, 7) is 0. The lowest BCUT2D eigenvalue weighted by molar-refractivity contribution is 0.667. The lowest BCUT2D eigenvalue weighted by atomic mass is 10.0. The molecule has 0 bridgehead atoms. The summed E-state index contributed by atoms with van der Waals surface area (Å²) in [6.07, 6.45) is 0. The van der Waals surface area contributed by atoms with Crippen LogP contribution < -0.4 is 0 Å². The van der Waals surface area contributed by atoms with Gasteiger partial charge >= 0.3 is 0 Å². The zero-order valence-electron chi connectivity index (χ0n) is 29.8. The molecule has 11 aromatic rings. The van der Waals surface area contributed by atoms with Gasteiger partial charge in [-0.05, 0) is 41.5 Å². The molecule has 0 fully saturated rings. The molecule has 0 N–H and O–H groups in total. The van der Waals surface area contributed by atoms with Crippen LogP contribution in [0, 0.1) is 0 Å². The summed E-state index contributed by atoms with van der Waals surface area (Å²) in [5, 5.41) is 2.91. The average Bonchev–Trinajstić information content (AvgIpc) is 3.85. The number of aromatic nitrogens is 5. The van der Waals surface area contributed by atoms with Gasteiger partial charge in [-0.2, -0.15) is 0 Å². The van der Waals surface area contributed by atoms with Gasteiger partial charge in [0.25, 0.3) is 0 Å². The average molecular weight is 720 g/mol. The van der Waals surface area contributed by atoms with Crippen LogP contribution in [0.1, 0.15) is 0 Å². The van der Waals surface area contributed by atoms with Crippen LogP contribution in [0.4, 0.5) is 0 Å². The van der Waals surface area contributed by atoms with E-state index < -0.39 is 0 Å². The van der Waals surface area contributed by atoms with E-state index in [1.807, 2.05) is 127 Å². The SMILES string of the molecule is c1ccc(-c2nc(-c3ccccc3)nc(-c3cccc4oc5cc(-c6ccc(-c7nc(-c8ccccc8)c8oc9ccccc9c8n7)cc6)ccc5c34)n2)cc1. The van der Waals surface area contributed by atoms with Gasteiger partial charge in [0.2, 0.25) is 0 Å². The molecule has 0 saturated heterocycles. The van der Waals surface area contributed by atoms with Gasteiger partial charge in [0.15, 0.2) is 28.9 Å². The van der Waals surface area contributed by atoms with Crippen molar-refractivity contribution in [1.29, 1.82) is 0 Å². The minimum atomic E-state index is 0.588. The molecule has 0 aliphatic heterocycles. The molecule has 7 heteroatoms. The molecule has 0 aliphatic rings. The van der Waals surface area contributed by atoms with Crippen LogP contribution in [0.5, 0.6) is 0 Å². The van der Waals surface area contributed by atoms with Crippen molar-refractivity contribution >= 4 is 44.0 Å². The van der Waals surface area contributed by atoms with Gasteiger partial charge in [0, 0.05) is 44.0 Å². The number of hydrogen-bond donors (Lipinski definition) is 0. The number of hydrogen-bond acceptors (Lipinski definition) is 7. The maximum absolute atomic E-state index is 6.52. The van der Waals surface area contributed by atoms with Gasteiger partial charge in [0.1, 0.15) is 28.0 Å². The largest absolute Gasteiger partial charge is 0.456 e. The minimum absolute atomic E-state index is 0.588. The van der Waals surface area contributed by atoms with Crippen molar-refractivity contribution in [2.45, 2.75) is 0 Å². The second-order valence-electron chi connectivity index (χ2n) is 13.6. The van der Waals surface area contributed by atoms with E-state index in [0.717, 1.165) is 83.1 Å². The summed E-state index contributed by atoms with van der Waals surface area (Å²) < 4.78 is 12.8. The van der Waals surface area contributed by atoms with Crippen LogP contribution in [0.3, 0.4) is 0 Å². The summed E-state index contributed by atoms with van der Waals surface area (Å²) in [6, 6.07) is 58.9. The number of rotatable bonds is 6. The third-order valence-electron chi connectivity index (χ3n) is 10.2. The molecule has 0 unspecified atom stereocenters. The van der Waals surface area contributed by atoms with E-state index in [1.54, 1.807) is 0 Å². The highest BCUT2D eigenvalue weighted by atomic mass is 16.3. The molecule has 0 radical (unpaired) electrons. The number of nitrogens with zero attached hydrogens (tertiary/aromatic N) is 5. The Balaban J connectivity index is 0.988. The summed E-state index contributed by atoms with van der Waals surface area (Å²) in [4.78, 5) is 25.0. The quantitative estimate of drug-likeness (QED) is 0.169. The van der Waals surface area contributed by atoms with Crippen molar-refractivity contribution in [2.24, 2.45) is 0 Å². The lowest BCUT2D eigenvalue weighted by Crippen LogP contribution is -2.00. The van der Waals surface area contributed by atoms with E-state index in [2.05, 4.69) is 48.5 Å². The fourth-order valence-electron chi connectivity index (χ4n) is 7.44. The maximum atomic E-state index is 6.52. The molecule has 11 rings (SSSR count). The summed E-state index contributed by atoms with van der Waals surface area (Å²) in [5.74, 6) is 2.46. The molecule has 4 heterocycles. The molecule has 0 amide bonds. The second kappa shape index (κ2) is 13.0. The van der Waals surface area contributed by atoms with Crippen molar-refractivity contribution < 1.29 is 8.83 Å². The standard InChI is InChI=1S/C49H29N5O2/c1-4-13-31(14-5-1)43-45-44(37-19-10-11-21-39(37)56-45)51-46(50-43)34-25-23-30(24-26-34)35-27-28-36-41(29-35)55-40-22-12-20-38(42(36)40)49-53-47(32-15-6-2-7-16-32)52-48(54-49)33-17-8-3-9-18-33/h1-29H. The Morgan fingerprint density at radius 3 is 1.59 bits per heavy atom. The van der Waals surface area contributed by atoms with Crippen LogP contribution in [-0.4, -0.2) is 24.9 Å². The van der Waals surface area contributed by atoms with E-state index in [1.165, 1.54) is 0 Å². The Hall–Kier alpha value is -7.77. The highest BCUT2D eigenvalue weighted by molar-refractivity contribution is 6.12. The number of furan rings is 2. The van der Waals surface area contributed by atoms with Crippen molar-refractivity contribution in [2.75, 3.05) is 0 Å². The van der Waals surface area contributed by atoms with E-state index in [-0.39, 0.29) is 0 Å². The molecule has 56 heavy (non-hydrogen) atoms. The number of fused-ring (bicyclic) bond motifs is 6. The predicted molar refractivity (Wildman–Crippen MR) is 223 cm³/mol. The van der Waals surface area contributed by atoms with E-state index in [9.17, 15) is 0 Å². The summed E-state index contributed by atoms with van der Waals surface area (Å²) in [5.41, 5.74) is 11.3. The third-order valence-corrected chi connectivity index (χ3v) is 10.2. The Morgan fingerprint density at radius 1 is 0.321 bits per heavy atom.